The highest BCUT2D eigenvalue weighted by molar-refractivity contribution is 7.94. The van der Waals surface area contributed by atoms with Crippen LogP contribution < -0.4 is 5.63 Å². The topological polar surface area (TPSA) is 67.5 Å². The van der Waals surface area contributed by atoms with Crippen molar-refractivity contribution in [1.82, 2.24) is 0 Å². The smallest absolute Gasteiger partial charge is 0.343 e. The number of carbonyl (C=O) groups excluding carboxylic acids is 1. The lowest BCUT2D eigenvalue weighted by atomic mass is 9.84. The molecule has 130 valence electrons. The van der Waals surface area contributed by atoms with Gasteiger partial charge in [-0.25, -0.2) is 4.79 Å². The summed E-state index contributed by atoms with van der Waals surface area (Å²) in [5, 5.41) is 11.0. The first-order chi connectivity index (χ1) is 12.0. The first kappa shape index (κ1) is 17.5. The zero-order valence-electron chi connectivity index (χ0n) is 13.6. The molecule has 0 spiro atoms. The van der Waals surface area contributed by atoms with Crippen molar-refractivity contribution >= 4 is 28.9 Å². The van der Waals surface area contributed by atoms with E-state index in [9.17, 15) is 18.6 Å². The Hall–Kier alpha value is -2.34. The zero-order chi connectivity index (χ0) is 18.0. The van der Waals surface area contributed by atoms with Gasteiger partial charge in [0.15, 0.2) is 0 Å². The van der Waals surface area contributed by atoms with Crippen LogP contribution in [-0.2, 0) is 4.79 Å². The summed E-state index contributed by atoms with van der Waals surface area (Å²) in [5.74, 6) is -0.943. The second kappa shape index (κ2) is 7.27. The van der Waals surface area contributed by atoms with Crippen molar-refractivity contribution in [3.05, 3.63) is 58.0 Å². The van der Waals surface area contributed by atoms with Crippen molar-refractivity contribution in [3.63, 3.8) is 0 Å². The average molecular weight is 360 g/mol. The summed E-state index contributed by atoms with van der Waals surface area (Å²) in [4.78, 5) is 24.5. The number of hydrogen-bond donors (Lipinski definition) is 1. The van der Waals surface area contributed by atoms with E-state index < -0.39 is 11.5 Å². The molecular formula is C19H17FO4S. The molecule has 2 aromatic rings. The Morgan fingerprint density at radius 3 is 2.84 bits per heavy atom. The van der Waals surface area contributed by atoms with Crippen molar-refractivity contribution in [2.45, 2.75) is 37.0 Å². The van der Waals surface area contributed by atoms with Gasteiger partial charge in [0.1, 0.15) is 17.1 Å². The Bertz CT molecular complexity index is 942. The van der Waals surface area contributed by atoms with Gasteiger partial charge >= 0.3 is 5.63 Å². The van der Waals surface area contributed by atoms with Gasteiger partial charge in [0.25, 0.3) is 0 Å². The van der Waals surface area contributed by atoms with Gasteiger partial charge in [0, 0.05) is 17.2 Å². The molecule has 1 N–H and O–H groups in total. The fourth-order valence-corrected chi connectivity index (χ4v) is 3.38. The van der Waals surface area contributed by atoms with Crippen LogP contribution in [0, 0.1) is 0 Å². The summed E-state index contributed by atoms with van der Waals surface area (Å²) in [5.41, 5.74) is 0.344. The summed E-state index contributed by atoms with van der Waals surface area (Å²) < 4.78 is 18.2. The van der Waals surface area contributed by atoms with E-state index in [0.29, 0.717) is 4.90 Å². The van der Waals surface area contributed by atoms with E-state index in [0.717, 1.165) is 18.4 Å². The van der Waals surface area contributed by atoms with Crippen LogP contribution in [-0.4, -0.2) is 10.9 Å². The van der Waals surface area contributed by atoms with Gasteiger partial charge in [-0.3, -0.25) is 4.79 Å². The van der Waals surface area contributed by atoms with Gasteiger partial charge in [-0.1, -0.05) is 18.2 Å². The lowest BCUT2D eigenvalue weighted by Crippen LogP contribution is -2.17. The molecule has 1 aromatic heterocycles. The third kappa shape index (κ3) is 3.54. The van der Waals surface area contributed by atoms with Crippen molar-refractivity contribution < 1.29 is 18.2 Å². The molecule has 0 radical (unpaired) electrons. The summed E-state index contributed by atoms with van der Waals surface area (Å²) in [7, 11) is 0. The molecule has 1 unspecified atom stereocenters. The van der Waals surface area contributed by atoms with Crippen LogP contribution in [0.5, 0.6) is 5.75 Å². The number of allylic oxidation sites excluding steroid dienone is 4. The minimum atomic E-state index is -0.684. The number of Topliss-reactive ketones (excluding diaryl/α,β-unsaturated/α-hetero) is 1. The molecule has 4 nitrogen and oxygen atoms in total. The fraction of sp³-hybridized carbons (Fsp3) is 0.263. The summed E-state index contributed by atoms with van der Waals surface area (Å²) in [6, 6.07) is 4.34. The van der Waals surface area contributed by atoms with E-state index in [1.165, 1.54) is 25.1 Å². The van der Waals surface area contributed by atoms with Crippen LogP contribution in [0.3, 0.4) is 0 Å². The zero-order valence-corrected chi connectivity index (χ0v) is 14.4. The second-order valence-electron chi connectivity index (χ2n) is 6.03. The van der Waals surface area contributed by atoms with Gasteiger partial charge in [-0.2, -0.15) is 3.89 Å². The maximum atomic E-state index is 12.9. The standard InChI is InChI=1S/C19H17FO4S/c1-11(21)9-14(12-5-3-2-4-6-12)17-18(22)15-10-13(25-20)7-8-16(15)24-19(17)23/h3,5-8,10,14,22H,2,4,9H2,1H3. The third-order valence-corrected chi connectivity index (χ3v) is 4.67. The lowest BCUT2D eigenvalue weighted by molar-refractivity contribution is -0.117. The molecule has 0 saturated heterocycles. The van der Waals surface area contributed by atoms with Gasteiger partial charge in [-0.05, 0) is 43.5 Å². The fourth-order valence-electron chi connectivity index (χ4n) is 3.10. The molecule has 3 rings (SSSR count). The molecule has 0 bridgehead atoms. The molecule has 6 heteroatoms. The molecule has 1 heterocycles. The number of aromatic hydroxyl groups is 1. The normalized spacial score (nSPS) is 15.2. The van der Waals surface area contributed by atoms with Crippen molar-refractivity contribution in [2.75, 3.05) is 0 Å². The Morgan fingerprint density at radius 1 is 1.40 bits per heavy atom. The highest BCUT2D eigenvalue weighted by Crippen LogP contribution is 2.38. The van der Waals surface area contributed by atoms with Crippen LogP contribution in [0.4, 0.5) is 3.89 Å². The summed E-state index contributed by atoms with van der Waals surface area (Å²) in [6.45, 7) is 1.44. The molecule has 1 aliphatic carbocycles. The molecule has 1 aromatic carbocycles. The highest BCUT2D eigenvalue weighted by Gasteiger charge is 2.27. The van der Waals surface area contributed by atoms with Crippen LogP contribution in [0.25, 0.3) is 11.0 Å². The Kier molecular flexibility index (Phi) is 5.08. The van der Waals surface area contributed by atoms with E-state index in [1.807, 2.05) is 18.2 Å². The van der Waals surface area contributed by atoms with E-state index in [4.69, 9.17) is 4.42 Å². The molecule has 0 amide bonds. The van der Waals surface area contributed by atoms with Crippen LogP contribution in [0.2, 0.25) is 0 Å². The van der Waals surface area contributed by atoms with Crippen LogP contribution in [0.15, 0.2) is 56.1 Å². The maximum absolute atomic E-state index is 12.9. The Labute approximate surface area is 148 Å². The summed E-state index contributed by atoms with van der Waals surface area (Å²) >= 11 is 0.0419. The van der Waals surface area contributed by atoms with Crippen molar-refractivity contribution in [2.24, 2.45) is 0 Å². The van der Waals surface area contributed by atoms with E-state index in [-0.39, 0.29) is 46.6 Å². The predicted octanol–water partition coefficient (Wildman–Crippen LogP) is 4.81. The monoisotopic (exact) mass is 360 g/mol. The van der Waals surface area contributed by atoms with Gasteiger partial charge in [-0.15, -0.1) is 0 Å². The number of benzene rings is 1. The highest BCUT2D eigenvalue weighted by atomic mass is 32.2. The second-order valence-corrected chi connectivity index (χ2v) is 6.66. The number of hydrogen-bond acceptors (Lipinski definition) is 5. The van der Waals surface area contributed by atoms with Crippen molar-refractivity contribution in [3.8, 4) is 5.75 Å². The first-order valence-electron chi connectivity index (χ1n) is 7.95. The Morgan fingerprint density at radius 2 is 2.20 bits per heavy atom. The molecule has 0 fully saturated rings. The SMILES string of the molecule is CC(=O)CC(C1=CCCC=C1)c1c(O)c2cc(SF)ccc2oc1=O. The maximum Gasteiger partial charge on any atom is 0.343 e. The van der Waals surface area contributed by atoms with Crippen LogP contribution in [0.1, 0.15) is 37.7 Å². The number of fused-ring (bicyclic) bond motifs is 1. The van der Waals surface area contributed by atoms with Gasteiger partial charge < -0.3 is 9.52 Å². The molecule has 0 saturated carbocycles. The minimum absolute atomic E-state index is 0.0419. The van der Waals surface area contributed by atoms with E-state index in [2.05, 4.69) is 0 Å². The third-order valence-electron chi connectivity index (χ3n) is 4.24. The average Bonchev–Trinajstić information content (AvgIpc) is 2.61. The first-order valence-corrected chi connectivity index (χ1v) is 8.67. The van der Waals surface area contributed by atoms with E-state index in [1.54, 1.807) is 0 Å². The van der Waals surface area contributed by atoms with Gasteiger partial charge in [0.2, 0.25) is 0 Å². The molecule has 0 aliphatic heterocycles. The Balaban J connectivity index is 2.22. The molecular weight excluding hydrogens is 343 g/mol. The molecule has 1 aliphatic rings. The van der Waals surface area contributed by atoms with E-state index >= 15 is 0 Å². The summed E-state index contributed by atoms with van der Waals surface area (Å²) in [6.07, 6.45) is 7.59. The van der Waals surface area contributed by atoms with Gasteiger partial charge in [0.05, 0.1) is 23.1 Å². The van der Waals surface area contributed by atoms with Crippen LogP contribution >= 0.6 is 12.1 Å². The number of carbonyl (C=O) groups is 1. The molecule has 25 heavy (non-hydrogen) atoms. The lowest BCUT2D eigenvalue weighted by Gasteiger charge is -2.20. The quantitative estimate of drug-likeness (QED) is 0.775. The van der Waals surface area contributed by atoms with Crippen molar-refractivity contribution in [1.29, 1.82) is 0 Å². The number of halogens is 1. The number of ketones is 1. The number of rotatable bonds is 5. The minimum Gasteiger partial charge on any atom is -0.507 e. The largest absolute Gasteiger partial charge is 0.507 e. The predicted molar refractivity (Wildman–Crippen MR) is 95.6 cm³/mol. The molecule has 1 atom stereocenters.